The first-order chi connectivity index (χ1) is 6.88. The van der Waals surface area contributed by atoms with Gasteiger partial charge in [-0.25, -0.2) is 0 Å². The Bertz CT molecular complexity index is 389. The zero-order valence-corrected chi connectivity index (χ0v) is 8.34. The van der Waals surface area contributed by atoms with E-state index in [1.165, 1.54) is 0 Å². The predicted octanol–water partition coefficient (Wildman–Crippen LogP) is 2.07. The van der Waals surface area contributed by atoms with Gasteiger partial charge in [0, 0.05) is 11.4 Å². The van der Waals surface area contributed by atoms with Crippen molar-refractivity contribution in [3.05, 3.63) is 29.8 Å². The second-order valence-corrected chi connectivity index (χ2v) is 3.93. The summed E-state index contributed by atoms with van der Waals surface area (Å²) in [5.41, 5.74) is 1.66. The van der Waals surface area contributed by atoms with E-state index in [9.17, 15) is 0 Å². The van der Waals surface area contributed by atoms with Crippen LogP contribution in [0.25, 0.3) is 0 Å². The molecule has 0 spiro atoms. The van der Waals surface area contributed by atoms with Crippen LogP contribution in [0.4, 0.5) is 5.69 Å². The van der Waals surface area contributed by atoms with E-state index in [1.54, 1.807) is 23.9 Å². The number of anilines is 1. The highest BCUT2D eigenvalue weighted by atomic mass is 32.2. The summed E-state index contributed by atoms with van der Waals surface area (Å²) in [5, 5.41) is 12.8. The molecule has 2 rings (SSSR count). The van der Waals surface area contributed by atoms with Crippen molar-refractivity contribution in [1.29, 1.82) is 5.26 Å². The summed E-state index contributed by atoms with van der Waals surface area (Å²) < 4.78 is 0. The van der Waals surface area contributed by atoms with Crippen molar-refractivity contribution in [2.45, 2.75) is 0 Å². The third-order valence-electron chi connectivity index (χ3n) is 1.85. The van der Waals surface area contributed by atoms with Crippen molar-refractivity contribution in [3.63, 3.8) is 0 Å². The number of nitriles is 1. The molecule has 0 aliphatic carbocycles. The minimum absolute atomic E-state index is 0.677. The summed E-state index contributed by atoms with van der Waals surface area (Å²) in [6.45, 7) is 0.892. The Balaban J connectivity index is 2.07. The summed E-state index contributed by atoms with van der Waals surface area (Å²) in [5.74, 6) is 1.05. The quantitative estimate of drug-likeness (QED) is 0.760. The first-order valence-electron chi connectivity index (χ1n) is 4.33. The minimum Gasteiger partial charge on any atom is -0.335 e. The molecule has 0 saturated carbocycles. The Hall–Kier alpha value is -1.47. The average Bonchev–Trinajstić information content (AvgIpc) is 2.72. The van der Waals surface area contributed by atoms with E-state index in [-0.39, 0.29) is 0 Å². The van der Waals surface area contributed by atoms with Crippen LogP contribution in [-0.2, 0) is 0 Å². The van der Waals surface area contributed by atoms with E-state index in [2.05, 4.69) is 16.4 Å². The van der Waals surface area contributed by atoms with Crippen molar-refractivity contribution in [2.75, 3.05) is 17.6 Å². The van der Waals surface area contributed by atoms with E-state index in [0.29, 0.717) is 5.56 Å². The maximum Gasteiger partial charge on any atom is 0.161 e. The van der Waals surface area contributed by atoms with Gasteiger partial charge in [0.2, 0.25) is 0 Å². The molecule has 1 aromatic rings. The smallest absolute Gasteiger partial charge is 0.161 e. The molecule has 0 aromatic heterocycles. The number of hydrogen-bond donors (Lipinski definition) is 1. The molecular formula is C10H9N3S. The molecule has 0 unspecified atom stereocenters. The highest BCUT2D eigenvalue weighted by Gasteiger charge is 2.06. The van der Waals surface area contributed by atoms with Gasteiger partial charge in [0.05, 0.1) is 18.2 Å². The summed E-state index contributed by atoms with van der Waals surface area (Å²) in [6.07, 6.45) is 0. The van der Waals surface area contributed by atoms with Gasteiger partial charge in [0.25, 0.3) is 0 Å². The predicted molar refractivity (Wildman–Crippen MR) is 59.5 cm³/mol. The number of nitrogens with one attached hydrogen (secondary N) is 1. The van der Waals surface area contributed by atoms with Gasteiger partial charge in [-0.1, -0.05) is 11.8 Å². The second kappa shape index (κ2) is 4.16. The molecule has 0 saturated heterocycles. The number of amidine groups is 1. The molecule has 70 valence electrons. The van der Waals surface area contributed by atoms with Crippen LogP contribution >= 0.6 is 11.8 Å². The number of nitrogens with zero attached hydrogens (tertiary/aromatic N) is 2. The Morgan fingerprint density at radius 3 is 2.71 bits per heavy atom. The molecular weight excluding hydrogens is 194 g/mol. The third kappa shape index (κ3) is 2.06. The molecule has 1 N–H and O–H groups in total. The summed E-state index contributed by atoms with van der Waals surface area (Å²) in [4.78, 5) is 4.28. The van der Waals surface area contributed by atoms with Crippen LogP contribution < -0.4 is 5.32 Å². The van der Waals surface area contributed by atoms with Crippen LogP contribution in [0.2, 0.25) is 0 Å². The summed E-state index contributed by atoms with van der Waals surface area (Å²) in [7, 11) is 0. The topological polar surface area (TPSA) is 48.2 Å². The first-order valence-corrected chi connectivity index (χ1v) is 5.31. The van der Waals surface area contributed by atoms with Gasteiger partial charge >= 0.3 is 0 Å². The number of hydrogen-bond acceptors (Lipinski definition) is 4. The van der Waals surface area contributed by atoms with Crippen molar-refractivity contribution in [3.8, 4) is 6.07 Å². The van der Waals surface area contributed by atoms with Crippen LogP contribution in [0, 0.1) is 11.3 Å². The van der Waals surface area contributed by atoms with Gasteiger partial charge in [0.15, 0.2) is 5.17 Å². The van der Waals surface area contributed by atoms with Crippen molar-refractivity contribution >= 4 is 22.6 Å². The largest absolute Gasteiger partial charge is 0.335 e. The monoisotopic (exact) mass is 203 g/mol. The maximum absolute atomic E-state index is 8.61. The molecule has 1 aliphatic rings. The van der Waals surface area contributed by atoms with E-state index < -0.39 is 0 Å². The molecule has 0 fully saturated rings. The van der Waals surface area contributed by atoms with Gasteiger partial charge in [-0.3, -0.25) is 4.99 Å². The van der Waals surface area contributed by atoms with E-state index in [4.69, 9.17) is 5.26 Å². The summed E-state index contributed by atoms with van der Waals surface area (Å²) >= 11 is 1.72. The third-order valence-corrected chi connectivity index (χ3v) is 2.74. The number of rotatable bonds is 1. The van der Waals surface area contributed by atoms with Crippen molar-refractivity contribution < 1.29 is 0 Å². The molecule has 1 aliphatic heterocycles. The van der Waals surface area contributed by atoms with Crippen molar-refractivity contribution in [2.24, 2.45) is 4.99 Å². The fourth-order valence-corrected chi connectivity index (χ4v) is 1.91. The molecule has 1 heterocycles. The highest BCUT2D eigenvalue weighted by molar-refractivity contribution is 8.14. The Labute approximate surface area is 86.8 Å². The Kier molecular flexibility index (Phi) is 2.70. The minimum atomic E-state index is 0.677. The number of thioether (sulfide) groups is 1. The molecule has 0 atom stereocenters. The molecule has 0 radical (unpaired) electrons. The molecule has 0 bridgehead atoms. The highest BCUT2D eigenvalue weighted by Crippen LogP contribution is 2.16. The average molecular weight is 203 g/mol. The van der Waals surface area contributed by atoms with E-state index >= 15 is 0 Å². The molecule has 1 aromatic carbocycles. The zero-order chi connectivity index (χ0) is 9.80. The molecule has 4 heteroatoms. The van der Waals surface area contributed by atoms with E-state index in [0.717, 1.165) is 23.2 Å². The number of aliphatic imine (C=N–C) groups is 1. The van der Waals surface area contributed by atoms with Crippen LogP contribution in [0.5, 0.6) is 0 Å². The lowest BCUT2D eigenvalue weighted by Gasteiger charge is -2.03. The molecule has 0 amide bonds. The van der Waals surface area contributed by atoms with Crippen LogP contribution in [-0.4, -0.2) is 17.5 Å². The lowest BCUT2D eigenvalue weighted by molar-refractivity contribution is 1.17. The Morgan fingerprint density at radius 1 is 1.36 bits per heavy atom. The lowest BCUT2D eigenvalue weighted by atomic mass is 10.2. The molecule has 14 heavy (non-hydrogen) atoms. The van der Waals surface area contributed by atoms with Gasteiger partial charge < -0.3 is 5.32 Å². The molecule has 3 nitrogen and oxygen atoms in total. The SMILES string of the molecule is N#Cc1ccc(NC2=NCCS2)cc1. The lowest BCUT2D eigenvalue weighted by Crippen LogP contribution is -2.04. The van der Waals surface area contributed by atoms with Crippen LogP contribution in [0.3, 0.4) is 0 Å². The van der Waals surface area contributed by atoms with Crippen LogP contribution in [0.15, 0.2) is 29.3 Å². The Morgan fingerprint density at radius 2 is 2.14 bits per heavy atom. The fourth-order valence-electron chi connectivity index (χ4n) is 1.16. The van der Waals surface area contributed by atoms with E-state index in [1.807, 2.05) is 12.1 Å². The van der Waals surface area contributed by atoms with Gasteiger partial charge in [-0.15, -0.1) is 0 Å². The normalized spacial score (nSPS) is 14.6. The van der Waals surface area contributed by atoms with Crippen LogP contribution in [0.1, 0.15) is 5.56 Å². The van der Waals surface area contributed by atoms with Gasteiger partial charge in [-0.05, 0) is 24.3 Å². The number of benzene rings is 1. The summed E-state index contributed by atoms with van der Waals surface area (Å²) in [6, 6.07) is 9.45. The standard InChI is InChI=1S/C10H9N3S/c11-7-8-1-3-9(4-2-8)13-10-12-5-6-14-10/h1-4H,5-6H2,(H,12,13). The van der Waals surface area contributed by atoms with Gasteiger partial charge in [-0.2, -0.15) is 5.26 Å². The second-order valence-electron chi connectivity index (χ2n) is 2.85. The zero-order valence-electron chi connectivity index (χ0n) is 7.53. The van der Waals surface area contributed by atoms with Crippen molar-refractivity contribution in [1.82, 2.24) is 0 Å². The first kappa shape index (κ1) is 9.10. The van der Waals surface area contributed by atoms with Gasteiger partial charge in [0.1, 0.15) is 0 Å². The maximum atomic E-state index is 8.61. The fraction of sp³-hybridized carbons (Fsp3) is 0.200.